The summed E-state index contributed by atoms with van der Waals surface area (Å²) in [6.07, 6.45) is 0. The molecule has 0 heterocycles. The van der Waals surface area contributed by atoms with Gasteiger partial charge in [0.05, 0.1) is 26.4 Å². The third-order valence-electron chi connectivity index (χ3n) is 0.864. The van der Waals surface area contributed by atoms with E-state index in [0.717, 1.165) is 0 Å². The number of rotatable bonds is 6. The van der Waals surface area contributed by atoms with Crippen LogP contribution in [0.25, 0.3) is 0 Å². The van der Waals surface area contributed by atoms with Crippen LogP contribution in [0.15, 0.2) is 0 Å². The molecular formula is C6H14O3Y. The molecule has 0 bridgehead atoms. The van der Waals surface area contributed by atoms with E-state index in [1.807, 2.05) is 0 Å². The van der Waals surface area contributed by atoms with Crippen molar-refractivity contribution in [2.45, 2.75) is 0 Å². The van der Waals surface area contributed by atoms with Crippen molar-refractivity contribution < 1.29 is 46.9 Å². The van der Waals surface area contributed by atoms with Gasteiger partial charge in [-0.1, -0.05) is 0 Å². The number of ether oxygens (including phenoxy) is 3. The molecule has 0 amide bonds. The van der Waals surface area contributed by atoms with Crippen molar-refractivity contribution in [1.29, 1.82) is 0 Å². The van der Waals surface area contributed by atoms with Crippen molar-refractivity contribution in [1.82, 2.24) is 0 Å². The number of hydrogen-bond acceptors (Lipinski definition) is 3. The second-order valence-corrected chi connectivity index (χ2v) is 1.60. The van der Waals surface area contributed by atoms with Gasteiger partial charge in [0.1, 0.15) is 0 Å². The van der Waals surface area contributed by atoms with Gasteiger partial charge in [-0.2, -0.15) is 0 Å². The molecule has 0 aliphatic carbocycles. The maximum atomic E-state index is 5.06. The first kappa shape index (κ1) is 13.6. The van der Waals surface area contributed by atoms with E-state index in [4.69, 9.17) is 14.2 Å². The Hall–Kier alpha value is 0.984. The van der Waals surface area contributed by atoms with Gasteiger partial charge in [-0.25, -0.2) is 0 Å². The first-order valence-corrected chi connectivity index (χ1v) is 2.97. The second-order valence-electron chi connectivity index (χ2n) is 1.60. The molecule has 0 aliphatic rings. The fourth-order valence-electron chi connectivity index (χ4n) is 0.387. The van der Waals surface area contributed by atoms with E-state index >= 15 is 0 Å². The van der Waals surface area contributed by atoms with Crippen molar-refractivity contribution in [3.05, 3.63) is 0 Å². The molecule has 10 heavy (non-hydrogen) atoms. The molecule has 0 atom stereocenters. The van der Waals surface area contributed by atoms with Crippen molar-refractivity contribution in [2.75, 3.05) is 40.6 Å². The first-order valence-electron chi connectivity index (χ1n) is 2.97. The molecule has 0 fully saturated rings. The zero-order chi connectivity index (χ0) is 6.95. The molecule has 0 aromatic rings. The summed E-state index contributed by atoms with van der Waals surface area (Å²) in [5.41, 5.74) is 0. The first-order chi connectivity index (χ1) is 4.41. The molecule has 0 aromatic heterocycles. The Kier molecular flexibility index (Phi) is 17.1. The van der Waals surface area contributed by atoms with Crippen LogP contribution in [0.2, 0.25) is 0 Å². The van der Waals surface area contributed by atoms with Crippen molar-refractivity contribution in [2.24, 2.45) is 0 Å². The molecule has 0 saturated heterocycles. The third kappa shape index (κ3) is 11.7. The summed E-state index contributed by atoms with van der Waals surface area (Å²) in [5.74, 6) is 0. The molecule has 0 spiro atoms. The van der Waals surface area contributed by atoms with Crippen LogP contribution in [0.4, 0.5) is 0 Å². The van der Waals surface area contributed by atoms with Crippen LogP contribution < -0.4 is 0 Å². The quantitative estimate of drug-likeness (QED) is 0.606. The van der Waals surface area contributed by atoms with E-state index in [2.05, 4.69) is 0 Å². The number of methoxy groups -OCH3 is 2. The van der Waals surface area contributed by atoms with Gasteiger partial charge in [0.25, 0.3) is 0 Å². The van der Waals surface area contributed by atoms with E-state index in [-0.39, 0.29) is 32.7 Å². The fraction of sp³-hybridized carbons (Fsp3) is 1.00. The molecule has 0 unspecified atom stereocenters. The van der Waals surface area contributed by atoms with E-state index in [1.165, 1.54) is 0 Å². The van der Waals surface area contributed by atoms with Gasteiger partial charge in [0.15, 0.2) is 0 Å². The molecule has 3 nitrogen and oxygen atoms in total. The molecule has 59 valence electrons. The van der Waals surface area contributed by atoms with Gasteiger partial charge in [0, 0.05) is 46.9 Å². The Balaban J connectivity index is 0. The van der Waals surface area contributed by atoms with Crippen molar-refractivity contribution in [3.63, 3.8) is 0 Å². The normalized spacial score (nSPS) is 9.00. The third-order valence-corrected chi connectivity index (χ3v) is 0.864. The topological polar surface area (TPSA) is 27.7 Å². The van der Waals surface area contributed by atoms with Crippen LogP contribution in [0.3, 0.4) is 0 Å². The fourth-order valence-corrected chi connectivity index (χ4v) is 0.387. The smallest absolute Gasteiger partial charge is 0.0701 e. The Labute approximate surface area is 87.3 Å². The van der Waals surface area contributed by atoms with E-state index in [0.29, 0.717) is 26.4 Å². The summed E-state index contributed by atoms with van der Waals surface area (Å²) in [5, 5.41) is 0. The number of hydrogen-bond donors (Lipinski definition) is 0. The van der Waals surface area contributed by atoms with Gasteiger partial charge < -0.3 is 14.2 Å². The van der Waals surface area contributed by atoms with Crippen LogP contribution in [-0.2, 0) is 46.9 Å². The minimum absolute atomic E-state index is 0. The Bertz CT molecular complexity index is 46.3. The van der Waals surface area contributed by atoms with Gasteiger partial charge >= 0.3 is 0 Å². The van der Waals surface area contributed by atoms with Crippen LogP contribution in [0.5, 0.6) is 0 Å². The van der Waals surface area contributed by atoms with E-state index in [9.17, 15) is 0 Å². The molecule has 0 rings (SSSR count). The van der Waals surface area contributed by atoms with Gasteiger partial charge in [-0.15, -0.1) is 0 Å². The van der Waals surface area contributed by atoms with Gasteiger partial charge in [-0.3, -0.25) is 0 Å². The van der Waals surface area contributed by atoms with Crippen molar-refractivity contribution in [3.8, 4) is 0 Å². The summed E-state index contributed by atoms with van der Waals surface area (Å²) < 4.78 is 14.6. The molecule has 4 heteroatoms. The maximum absolute atomic E-state index is 5.06. The molecule has 0 saturated carbocycles. The summed E-state index contributed by atoms with van der Waals surface area (Å²) in [7, 11) is 3.30. The Morgan fingerprint density at radius 3 is 1.50 bits per heavy atom. The van der Waals surface area contributed by atoms with Crippen LogP contribution in [-0.4, -0.2) is 40.6 Å². The molecule has 0 N–H and O–H groups in total. The average molecular weight is 223 g/mol. The molecule has 1 radical (unpaired) electrons. The average Bonchev–Trinajstić information content (AvgIpc) is 1.89. The minimum atomic E-state index is 0. The molecular weight excluding hydrogens is 209 g/mol. The van der Waals surface area contributed by atoms with Gasteiger partial charge in [-0.05, 0) is 0 Å². The standard InChI is InChI=1S/C6H14O3.Y/c1-7-3-5-9-6-4-8-2;/h3-6H2,1-2H3;. The van der Waals surface area contributed by atoms with Crippen LogP contribution >= 0.6 is 0 Å². The predicted octanol–water partition coefficient (Wildman–Crippen LogP) is 0.293. The van der Waals surface area contributed by atoms with E-state index < -0.39 is 0 Å². The SMILES string of the molecule is COCCOCCOC.[Y]. The van der Waals surface area contributed by atoms with Crippen molar-refractivity contribution >= 4 is 0 Å². The largest absolute Gasteiger partial charge is 0.382 e. The maximum Gasteiger partial charge on any atom is 0.0701 e. The second kappa shape index (κ2) is 12.6. The summed E-state index contributed by atoms with van der Waals surface area (Å²) >= 11 is 0. The zero-order valence-corrected chi connectivity index (χ0v) is 9.47. The minimum Gasteiger partial charge on any atom is -0.382 e. The van der Waals surface area contributed by atoms with E-state index in [1.54, 1.807) is 14.2 Å². The zero-order valence-electron chi connectivity index (χ0n) is 6.63. The summed E-state index contributed by atoms with van der Waals surface area (Å²) in [4.78, 5) is 0. The Morgan fingerprint density at radius 2 is 1.20 bits per heavy atom. The Morgan fingerprint density at radius 1 is 0.800 bits per heavy atom. The summed E-state index contributed by atoms with van der Waals surface area (Å²) in [6, 6.07) is 0. The molecule has 0 aliphatic heterocycles. The summed E-state index contributed by atoms with van der Waals surface area (Å²) in [6.45, 7) is 2.62. The predicted molar refractivity (Wildman–Crippen MR) is 34.6 cm³/mol. The van der Waals surface area contributed by atoms with Gasteiger partial charge in [0.2, 0.25) is 0 Å². The molecule has 0 aromatic carbocycles. The van der Waals surface area contributed by atoms with Crippen LogP contribution in [0, 0.1) is 0 Å². The van der Waals surface area contributed by atoms with Crippen LogP contribution in [0.1, 0.15) is 0 Å². The monoisotopic (exact) mass is 223 g/mol.